The molecule has 0 bridgehead atoms. The van der Waals surface area contributed by atoms with Crippen molar-refractivity contribution in [3.8, 4) is 61.3 Å². The van der Waals surface area contributed by atoms with E-state index in [-0.39, 0.29) is 12.1 Å². The van der Waals surface area contributed by atoms with Crippen LogP contribution in [0.2, 0.25) is 0 Å². The fraction of sp³-hybridized carbons (Fsp3) is 0.0488. The van der Waals surface area contributed by atoms with Gasteiger partial charge in [0.2, 0.25) is 0 Å². The van der Waals surface area contributed by atoms with E-state index >= 15 is 0 Å². The van der Waals surface area contributed by atoms with E-state index in [1.54, 1.807) is 0 Å². The number of aromatic nitrogens is 1. The molecular weight excluding hydrogens is 1050 g/mol. The van der Waals surface area contributed by atoms with Crippen LogP contribution in [-0.2, 0) is 5.41 Å². The van der Waals surface area contributed by atoms with Gasteiger partial charge in [-0.3, -0.25) is 0 Å². The predicted molar refractivity (Wildman–Crippen MR) is 368 cm³/mol. The van der Waals surface area contributed by atoms with Gasteiger partial charge in [0.05, 0.1) is 22.4 Å². The molecule has 0 atom stereocenters. The smallest absolute Gasteiger partial charge is 0.252 e. The third-order valence-corrected chi connectivity index (χ3v) is 18.3. The van der Waals surface area contributed by atoms with Crippen molar-refractivity contribution in [1.29, 1.82) is 0 Å². The Morgan fingerprint density at radius 3 is 1.23 bits per heavy atom. The molecule has 0 saturated heterocycles. The van der Waals surface area contributed by atoms with Crippen molar-refractivity contribution in [2.24, 2.45) is 0 Å². The molecule has 4 nitrogen and oxygen atoms in total. The summed E-state index contributed by atoms with van der Waals surface area (Å²) < 4.78 is 8.92. The lowest BCUT2D eigenvalue weighted by Crippen LogP contribution is -2.61. The average molecular weight is 1110 g/mol. The minimum absolute atomic E-state index is 0.184. The molecule has 2 aliphatic heterocycles. The SMILES string of the molecule is CC(C)(C)c1cc2c3c(c1)N(c1c(-c4ccccc4)cccc1-c1ccccc1)c1cc(-n4c5ccccc5c5ccccc54)ccc1B3c1ccc(-c3ccc4oc5ccccc5c4c3)cc1N2c1c(-c2ccccc2)cccc1-c1ccccc1. The van der Waals surface area contributed by atoms with Crippen LogP contribution in [0.1, 0.15) is 26.3 Å². The number of anilines is 6. The van der Waals surface area contributed by atoms with Gasteiger partial charge in [-0.15, -0.1) is 0 Å². The Morgan fingerprint density at radius 1 is 0.310 bits per heavy atom. The third kappa shape index (κ3) is 8.07. The molecule has 0 N–H and O–H groups in total. The van der Waals surface area contributed by atoms with E-state index in [4.69, 9.17) is 4.42 Å². The topological polar surface area (TPSA) is 24.6 Å². The maximum atomic E-state index is 6.44. The zero-order valence-electron chi connectivity index (χ0n) is 48.6. The number of fused-ring (bicyclic) bond motifs is 10. The molecule has 13 aromatic carbocycles. The van der Waals surface area contributed by atoms with Gasteiger partial charge in [0.25, 0.3) is 6.71 Å². The molecule has 0 spiro atoms. The van der Waals surface area contributed by atoms with Gasteiger partial charge in [-0.2, -0.15) is 0 Å². The van der Waals surface area contributed by atoms with E-state index in [1.807, 2.05) is 6.07 Å². The van der Waals surface area contributed by atoms with Crippen molar-refractivity contribution in [3.05, 3.63) is 303 Å². The first-order valence-electron chi connectivity index (χ1n) is 30.3. The lowest BCUT2D eigenvalue weighted by molar-refractivity contribution is 0.590. The zero-order valence-corrected chi connectivity index (χ0v) is 48.6. The van der Waals surface area contributed by atoms with Gasteiger partial charge in [0, 0.05) is 72.2 Å². The molecule has 0 saturated carbocycles. The molecular formula is C82H58BN3O. The molecule has 410 valence electrons. The summed E-state index contributed by atoms with van der Waals surface area (Å²) in [4.78, 5) is 5.34. The lowest BCUT2D eigenvalue weighted by Gasteiger charge is -2.46. The summed E-state index contributed by atoms with van der Waals surface area (Å²) in [7, 11) is 0. The van der Waals surface area contributed by atoms with Crippen molar-refractivity contribution in [2.75, 3.05) is 9.80 Å². The maximum Gasteiger partial charge on any atom is 0.252 e. The summed E-state index contributed by atoms with van der Waals surface area (Å²) in [6.07, 6.45) is 0. The first-order valence-corrected chi connectivity index (χ1v) is 30.3. The molecule has 0 aliphatic carbocycles. The van der Waals surface area contributed by atoms with Crippen LogP contribution in [0.4, 0.5) is 34.1 Å². The second-order valence-electron chi connectivity index (χ2n) is 24.3. The minimum Gasteiger partial charge on any atom is -0.456 e. The summed E-state index contributed by atoms with van der Waals surface area (Å²) in [6, 6.07) is 110. The Morgan fingerprint density at radius 2 is 0.724 bits per heavy atom. The van der Waals surface area contributed by atoms with Crippen molar-refractivity contribution in [2.45, 2.75) is 26.2 Å². The number of hydrogen-bond donors (Lipinski definition) is 0. The van der Waals surface area contributed by atoms with Gasteiger partial charge >= 0.3 is 0 Å². The summed E-state index contributed by atoms with van der Waals surface area (Å²) in [5.74, 6) is 0. The molecule has 0 unspecified atom stereocenters. The molecule has 0 fully saturated rings. The highest BCUT2D eigenvalue weighted by Crippen LogP contribution is 2.54. The van der Waals surface area contributed by atoms with Gasteiger partial charge in [-0.05, 0) is 121 Å². The molecule has 0 radical (unpaired) electrons. The van der Waals surface area contributed by atoms with Gasteiger partial charge in [0.1, 0.15) is 11.2 Å². The Balaban J connectivity index is 1.03. The minimum atomic E-state index is -0.281. The Labute approximate surface area is 507 Å². The summed E-state index contributed by atoms with van der Waals surface area (Å²) in [5, 5.41) is 4.68. The van der Waals surface area contributed by atoms with Crippen LogP contribution in [0.3, 0.4) is 0 Å². The maximum absolute atomic E-state index is 6.44. The Kier molecular flexibility index (Phi) is 11.6. The Bertz CT molecular complexity index is 5040. The number of para-hydroxylation sites is 5. The van der Waals surface area contributed by atoms with E-state index in [0.29, 0.717) is 0 Å². The number of hydrogen-bond acceptors (Lipinski definition) is 3. The van der Waals surface area contributed by atoms with Crippen molar-refractivity contribution >= 4 is 101 Å². The van der Waals surface area contributed by atoms with E-state index in [1.165, 1.54) is 43.8 Å². The highest BCUT2D eigenvalue weighted by atomic mass is 16.3. The van der Waals surface area contributed by atoms with Crippen molar-refractivity contribution in [1.82, 2.24) is 4.57 Å². The molecule has 5 heteroatoms. The van der Waals surface area contributed by atoms with Crippen LogP contribution in [0.25, 0.3) is 105 Å². The molecule has 15 aromatic rings. The Hall–Kier alpha value is -10.9. The fourth-order valence-corrected chi connectivity index (χ4v) is 14.3. The van der Waals surface area contributed by atoms with Crippen LogP contribution in [-0.4, -0.2) is 11.3 Å². The van der Waals surface area contributed by atoms with Crippen LogP contribution in [0.15, 0.2) is 302 Å². The standard InChI is InChI=1S/C82H58BN3O/c1-82(2,3)59-50-75-79-76(51-59)86(81-63(55-28-12-6-13-29-55)37-23-38-64(81)56-30-14-7-15-31-56)74-52-60(84-71-39-19-16-32-65(71)66-33-17-20-40-72(66)84)44-46-70(74)83(79)69-45-42-58(57-43-47-78-68(48-57)67-34-18-21-41-77(67)87-78)49-73(69)85(75)80-61(53-24-8-4-9-25-53)35-22-36-62(80)54-26-10-5-11-27-54/h4-52H,1-3H3. The molecule has 2 aromatic heterocycles. The van der Waals surface area contributed by atoms with Gasteiger partial charge in [-0.1, -0.05) is 257 Å². The molecule has 4 heterocycles. The number of benzene rings is 13. The van der Waals surface area contributed by atoms with Gasteiger partial charge < -0.3 is 18.8 Å². The molecule has 17 rings (SSSR count). The van der Waals surface area contributed by atoms with Crippen LogP contribution < -0.4 is 26.2 Å². The summed E-state index contributed by atoms with van der Waals surface area (Å²) in [5.41, 5.74) is 28.2. The quantitative estimate of drug-likeness (QED) is 0.142. The summed E-state index contributed by atoms with van der Waals surface area (Å²) >= 11 is 0. The van der Waals surface area contributed by atoms with Crippen LogP contribution >= 0.6 is 0 Å². The lowest BCUT2D eigenvalue weighted by atomic mass is 9.33. The third-order valence-electron chi connectivity index (χ3n) is 18.3. The van der Waals surface area contributed by atoms with Crippen molar-refractivity contribution < 1.29 is 4.42 Å². The van der Waals surface area contributed by atoms with Crippen LogP contribution in [0.5, 0.6) is 0 Å². The molecule has 2 aliphatic rings. The number of furan rings is 1. The normalized spacial score (nSPS) is 12.7. The van der Waals surface area contributed by atoms with E-state index in [2.05, 4.69) is 326 Å². The largest absolute Gasteiger partial charge is 0.456 e. The van der Waals surface area contributed by atoms with Gasteiger partial charge in [0.15, 0.2) is 0 Å². The zero-order chi connectivity index (χ0) is 57.9. The van der Waals surface area contributed by atoms with E-state index < -0.39 is 0 Å². The highest BCUT2D eigenvalue weighted by Gasteiger charge is 2.46. The predicted octanol–water partition coefficient (Wildman–Crippen LogP) is 20.4. The van der Waals surface area contributed by atoms with Crippen LogP contribution in [0, 0.1) is 0 Å². The van der Waals surface area contributed by atoms with E-state index in [0.717, 1.165) is 117 Å². The second-order valence-corrected chi connectivity index (χ2v) is 24.3. The highest BCUT2D eigenvalue weighted by molar-refractivity contribution is 7.00. The fourth-order valence-electron chi connectivity index (χ4n) is 14.3. The monoisotopic (exact) mass is 1110 g/mol. The van der Waals surface area contributed by atoms with E-state index in [9.17, 15) is 0 Å². The molecule has 87 heavy (non-hydrogen) atoms. The van der Waals surface area contributed by atoms with Gasteiger partial charge in [-0.25, -0.2) is 0 Å². The second kappa shape index (κ2) is 19.9. The van der Waals surface area contributed by atoms with Crippen molar-refractivity contribution in [3.63, 3.8) is 0 Å². The molecule has 0 amide bonds. The first-order chi connectivity index (χ1) is 42.8. The summed E-state index contributed by atoms with van der Waals surface area (Å²) in [6.45, 7) is 6.93. The number of rotatable bonds is 8. The average Bonchev–Trinajstić information content (AvgIpc) is 1.33. The number of nitrogens with zero attached hydrogens (tertiary/aromatic N) is 3. The first kappa shape index (κ1) is 50.6.